The van der Waals surface area contributed by atoms with Crippen molar-refractivity contribution in [1.29, 1.82) is 0 Å². The maximum atomic E-state index is 13.0. The number of carbonyl (C=O) groups excluding carboxylic acids is 2. The zero-order valence-electron chi connectivity index (χ0n) is 15.3. The second kappa shape index (κ2) is 7.22. The third-order valence-corrected chi connectivity index (χ3v) is 4.84. The highest BCUT2D eigenvalue weighted by Gasteiger charge is 2.33. The first-order valence-electron chi connectivity index (χ1n) is 8.89. The van der Waals surface area contributed by atoms with Crippen molar-refractivity contribution in [1.82, 2.24) is 9.58 Å². The molecule has 1 atom stereocenters. The van der Waals surface area contributed by atoms with Crippen LogP contribution in [0, 0.1) is 0 Å². The Morgan fingerprint density at radius 2 is 2.00 bits per heavy atom. The average Bonchev–Trinajstić information content (AvgIpc) is 3.01. The van der Waals surface area contributed by atoms with Gasteiger partial charge in [-0.25, -0.2) is 4.79 Å². The Balaban J connectivity index is 1.79. The molecule has 0 fully saturated rings. The fraction of sp³-hybridized carbons (Fsp3) is 0.250. The molecule has 1 amide bonds. The fourth-order valence-electron chi connectivity index (χ4n) is 3.37. The van der Waals surface area contributed by atoms with Crippen LogP contribution in [0.1, 0.15) is 38.1 Å². The van der Waals surface area contributed by atoms with Crippen molar-refractivity contribution < 1.29 is 19.1 Å². The van der Waals surface area contributed by atoms with Gasteiger partial charge in [0, 0.05) is 36.9 Å². The summed E-state index contributed by atoms with van der Waals surface area (Å²) in [5, 5.41) is 0. The lowest BCUT2D eigenvalue weighted by Crippen LogP contribution is -2.37. The number of aromatic nitrogens is 1. The third-order valence-electron chi connectivity index (χ3n) is 4.84. The predicted molar refractivity (Wildman–Crippen MR) is 100 cm³/mol. The number of carbonyl (C=O) groups is 2. The lowest BCUT2D eigenvalue weighted by atomic mass is 9.98. The molecule has 0 bridgehead atoms. The first-order chi connectivity index (χ1) is 13.6. The van der Waals surface area contributed by atoms with Gasteiger partial charge in [-0.15, -0.1) is 0 Å². The monoisotopic (exact) mass is 381 g/mol. The maximum absolute atomic E-state index is 13.0. The van der Waals surface area contributed by atoms with Crippen LogP contribution < -0.4 is 10.9 Å². The Hall–Kier alpha value is -3.55. The average molecular weight is 381 g/mol. The smallest absolute Gasteiger partial charge is 0.339 e. The highest BCUT2D eigenvalue weighted by molar-refractivity contribution is 5.95. The summed E-state index contributed by atoms with van der Waals surface area (Å²) in [6, 6.07) is 8.45. The number of ether oxygens (including phenoxy) is 2. The molecule has 0 spiro atoms. The van der Waals surface area contributed by atoms with Crippen LogP contribution in [0.3, 0.4) is 0 Å². The standard InChI is InChI=1S/C20H19N3O5/c1-22-9-11-27-10-7-21-23-8-6-16(24)15(18(23)19(22)25)12-17-13-4-2-3-5-14(13)20(26)28-17/h2-8,10,17,21H,9,11-12H2,1H3/b10-7+. The highest BCUT2D eigenvalue weighted by atomic mass is 16.5. The molecule has 2 aliphatic rings. The zero-order chi connectivity index (χ0) is 19.7. The Kier molecular flexibility index (Phi) is 4.60. The lowest BCUT2D eigenvalue weighted by molar-refractivity contribution is 0.0386. The van der Waals surface area contributed by atoms with Gasteiger partial charge in [-0.05, 0) is 6.07 Å². The number of amides is 1. The molecular weight excluding hydrogens is 362 g/mol. The summed E-state index contributed by atoms with van der Waals surface area (Å²) in [5.74, 6) is -0.744. The maximum Gasteiger partial charge on any atom is 0.339 e. The van der Waals surface area contributed by atoms with Crippen LogP contribution in [0.25, 0.3) is 0 Å². The Morgan fingerprint density at radius 3 is 2.86 bits per heavy atom. The van der Waals surface area contributed by atoms with E-state index in [1.807, 2.05) is 6.07 Å². The van der Waals surface area contributed by atoms with Crippen molar-refractivity contribution in [3.63, 3.8) is 0 Å². The minimum absolute atomic E-state index is 0.110. The molecule has 0 saturated carbocycles. The molecule has 28 heavy (non-hydrogen) atoms. The van der Waals surface area contributed by atoms with Crippen molar-refractivity contribution in [2.24, 2.45) is 0 Å². The van der Waals surface area contributed by atoms with Gasteiger partial charge in [0.2, 0.25) is 0 Å². The predicted octanol–water partition coefficient (Wildman–Crippen LogP) is 1.42. The number of esters is 1. The number of hydrogen-bond acceptors (Lipinski definition) is 6. The second-order valence-corrected chi connectivity index (χ2v) is 6.59. The summed E-state index contributed by atoms with van der Waals surface area (Å²) < 4.78 is 12.2. The van der Waals surface area contributed by atoms with Crippen molar-refractivity contribution in [2.75, 3.05) is 25.6 Å². The van der Waals surface area contributed by atoms with E-state index in [0.29, 0.717) is 18.7 Å². The van der Waals surface area contributed by atoms with Crippen molar-refractivity contribution in [2.45, 2.75) is 12.5 Å². The molecule has 1 N–H and O–H groups in total. The Labute approximate surface area is 160 Å². The highest BCUT2D eigenvalue weighted by Crippen LogP contribution is 2.33. The van der Waals surface area contributed by atoms with Gasteiger partial charge in [0.25, 0.3) is 5.91 Å². The summed E-state index contributed by atoms with van der Waals surface area (Å²) in [6.07, 6.45) is 4.02. The minimum Gasteiger partial charge on any atom is -0.498 e. The van der Waals surface area contributed by atoms with Gasteiger partial charge >= 0.3 is 5.97 Å². The molecule has 1 aromatic carbocycles. The zero-order valence-corrected chi connectivity index (χ0v) is 15.3. The number of cyclic esters (lactones) is 1. The van der Waals surface area contributed by atoms with Gasteiger partial charge < -0.3 is 14.4 Å². The number of benzene rings is 1. The molecule has 0 aliphatic carbocycles. The fourth-order valence-corrected chi connectivity index (χ4v) is 3.37. The molecule has 4 rings (SSSR count). The van der Waals surface area contributed by atoms with Crippen LogP contribution in [0.15, 0.2) is 53.8 Å². The van der Waals surface area contributed by atoms with E-state index in [1.165, 1.54) is 28.1 Å². The van der Waals surface area contributed by atoms with Crippen LogP contribution in [-0.4, -0.2) is 41.7 Å². The number of fused-ring (bicyclic) bond motifs is 2. The Morgan fingerprint density at radius 1 is 1.18 bits per heavy atom. The second-order valence-electron chi connectivity index (χ2n) is 6.59. The Bertz CT molecular complexity index is 1030. The SMILES string of the molecule is CN1CCO/C=C/Nn2ccc(=O)c(CC3OC(=O)c4ccccc43)c2C1=O. The molecule has 2 aromatic rings. The van der Waals surface area contributed by atoms with Gasteiger partial charge in [0.05, 0.1) is 18.3 Å². The number of nitrogens with zero attached hydrogens (tertiary/aromatic N) is 2. The van der Waals surface area contributed by atoms with E-state index in [-0.39, 0.29) is 29.0 Å². The number of nitrogens with one attached hydrogen (secondary N) is 1. The van der Waals surface area contributed by atoms with E-state index >= 15 is 0 Å². The topological polar surface area (TPSA) is 89.9 Å². The molecule has 3 heterocycles. The van der Waals surface area contributed by atoms with Crippen LogP contribution in [0.5, 0.6) is 0 Å². The van der Waals surface area contributed by atoms with E-state index in [1.54, 1.807) is 31.4 Å². The molecule has 8 nitrogen and oxygen atoms in total. The molecule has 0 saturated heterocycles. The van der Waals surface area contributed by atoms with Crippen LogP contribution in [0.4, 0.5) is 0 Å². The summed E-state index contributed by atoms with van der Waals surface area (Å²) in [5.41, 5.74) is 4.34. The van der Waals surface area contributed by atoms with E-state index in [9.17, 15) is 14.4 Å². The number of rotatable bonds is 2. The van der Waals surface area contributed by atoms with E-state index in [4.69, 9.17) is 9.47 Å². The summed E-state index contributed by atoms with van der Waals surface area (Å²) in [4.78, 5) is 39.3. The van der Waals surface area contributed by atoms with Crippen molar-refractivity contribution >= 4 is 11.9 Å². The van der Waals surface area contributed by atoms with E-state index < -0.39 is 12.1 Å². The summed E-state index contributed by atoms with van der Waals surface area (Å²) in [6.45, 7) is 0.702. The first kappa shape index (κ1) is 17.8. The molecular formula is C20H19N3O5. The summed E-state index contributed by atoms with van der Waals surface area (Å²) >= 11 is 0. The summed E-state index contributed by atoms with van der Waals surface area (Å²) in [7, 11) is 1.65. The van der Waals surface area contributed by atoms with E-state index in [0.717, 1.165) is 5.56 Å². The quantitative estimate of drug-likeness (QED) is 0.792. The van der Waals surface area contributed by atoms with E-state index in [2.05, 4.69) is 5.43 Å². The largest absolute Gasteiger partial charge is 0.498 e. The van der Waals surface area contributed by atoms with Crippen LogP contribution in [-0.2, 0) is 15.9 Å². The van der Waals surface area contributed by atoms with Crippen molar-refractivity contribution in [3.05, 3.63) is 81.6 Å². The minimum atomic E-state index is -0.615. The van der Waals surface area contributed by atoms with Gasteiger partial charge in [-0.1, -0.05) is 18.2 Å². The number of hydrogen-bond donors (Lipinski definition) is 1. The van der Waals surface area contributed by atoms with Crippen molar-refractivity contribution in [3.8, 4) is 0 Å². The number of likely N-dealkylation sites (N-methyl/N-ethyl adjacent to an activating group) is 1. The number of pyridine rings is 1. The first-order valence-corrected chi connectivity index (χ1v) is 8.89. The molecule has 1 unspecified atom stereocenters. The van der Waals surface area contributed by atoms with Crippen LogP contribution >= 0.6 is 0 Å². The third kappa shape index (κ3) is 3.13. The molecule has 1 aromatic heterocycles. The van der Waals surface area contributed by atoms with Gasteiger partial charge in [0.15, 0.2) is 5.43 Å². The van der Waals surface area contributed by atoms with Gasteiger partial charge in [-0.3, -0.25) is 19.7 Å². The van der Waals surface area contributed by atoms with Crippen LogP contribution in [0.2, 0.25) is 0 Å². The van der Waals surface area contributed by atoms with Gasteiger partial charge in [-0.2, -0.15) is 0 Å². The molecule has 2 aliphatic heterocycles. The lowest BCUT2D eigenvalue weighted by Gasteiger charge is -2.23. The molecule has 8 heteroatoms. The molecule has 144 valence electrons. The van der Waals surface area contributed by atoms with Gasteiger partial charge in [0.1, 0.15) is 24.7 Å². The normalized spacial score (nSPS) is 19.8. The molecule has 0 radical (unpaired) electrons.